The average molecular weight is 413 g/mol. The van der Waals surface area contributed by atoms with Crippen LogP contribution in [0.1, 0.15) is 29.3 Å². The Balaban J connectivity index is 1.45. The van der Waals surface area contributed by atoms with Crippen LogP contribution in [-0.4, -0.2) is 27.8 Å². The summed E-state index contributed by atoms with van der Waals surface area (Å²) >= 11 is 3.01. The van der Waals surface area contributed by atoms with E-state index < -0.39 is 0 Å². The molecule has 0 unspecified atom stereocenters. The molecule has 0 bridgehead atoms. The van der Waals surface area contributed by atoms with Crippen LogP contribution in [0.3, 0.4) is 0 Å². The number of carbonyl (C=O) groups excluding carboxylic acids is 2. The minimum Gasteiger partial charge on any atom is -0.326 e. The van der Waals surface area contributed by atoms with E-state index in [0.29, 0.717) is 16.4 Å². The third-order valence-corrected chi connectivity index (χ3v) is 5.83. The summed E-state index contributed by atoms with van der Waals surface area (Å²) in [6.07, 6.45) is 2.08. The molecule has 0 saturated heterocycles. The van der Waals surface area contributed by atoms with Gasteiger partial charge < -0.3 is 5.32 Å². The minimum atomic E-state index is -0.258. The number of aromatic nitrogens is 2. The first-order valence-corrected chi connectivity index (χ1v) is 10.6. The second-order valence-electron chi connectivity index (χ2n) is 6.02. The number of carbonyl (C=O) groups is 2. The zero-order chi connectivity index (χ0) is 19.8. The minimum absolute atomic E-state index is 0.153. The van der Waals surface area contributed by atoms with E-state index in [4.69, 9.17) is 0 Å². The van der Waals surface area contributed by atoms with Gasteiger partial charge in [0.05, 0.1) is 0 Å². The summed E-state index contributed by atoms with van der Waals surface area (Å²) in [5, 5.41) is 14.1. The number of rotatable bonds is 8. The van der Waals surface area contributed by atoms with E-state index in [1.54, 1.807) is 36.0 Å². The van der Waals surface area contributed by atoms with Gasteiger partial charge in [0, 0.05) is 23.9 Å². The number of nitrogens with one attached hydrogen (secondary N) is 2. The fourth-order valence-corrected chi connectivity index (χ4v) is 4.23. The second-order valence-corrected chi connectivity index (χ2v) is 8.34. The maximum atomic E-state index is 12.3. The SMILES string of the molecule is CC(=O)Nc1ccc(C(=O)Nc2nnc(SCCCc3ccccc3)s2)cc1. The van der Waals surface area contributed by atoms with E-state index >= 15 is 0 Å². The van der Waals surface area contributed by atoms with Crippen molar-refractivity contribution in [2.24, 2.45) is 0 Å². The van der Waals surface area contributed by atoms with Crippen LogP contribution >= 0.6 is 23.1 Å². The van der Waals surface area contributed by atoms with Crippen molar-refractivity contribution in [1.29, 1.82) is 0 Å². The van der Waals surface area contributed by atoms with E-state index in [0.717, 1.165) is 22.9 Å². The topological polar surface area (TPSA) is 84.0 Å². The molecule has 3 aromatic rings. The monoisotopic (exact) mass is 412 g/mol. The molecule has 3 rings (SSSR count). The Bertz CT molecular complexity index is 927. The van der Waals surface area contributed by atoms with Crippen LogP contribution in [0.5, 0.6) is 0 Å². The highest BCUT2D eigenvalue weighted by Crippen LogP contribution is 2.26. The number of amides is 2. The summed E-state index contributed by atoms with van der Waals surface area (Å²) in [6, 6.07) is 17.1. The van der Waals surface area contributed by atoms with Crippen LogP contribution in [0.25, 0.3) is 0 Å². The van der Waals surface area contributed by atoms with Crippen molar-refractivity contribution < 1.29 is 9.59 Å². The van der Waals surface area contributed by atoms with Gasteiger partial charge in [0.1, 0.15) is 0 Å². The van der Waals surface area contributed by atoms with Gasteiger partial charge in [-0.2, -0.15) is 0 Å². The molecule has 0 atom stereocenters. The van der Waals surface area contributed by atoms with Crippen molar-refractivity contribution in [2.45, 2.75) is 24.1 Å². The second kappa shape index (κ2) is 10.0. The van der Waals surface area contributed by atoms with Gasteiger partial charge in [-0.1, -0.05) is 53.4 Å². The molecule has 8 heteroatoms. The molecule has 2 aromatic carbocycles. The smallest absolute Gasteiger partial charge is 0.257 e. The van der Waals surface area contributed by atoms with E-state index in [2.05, 4.69) is 45.1 Å². The van der Waals surface area contributed by atoms with E-state index in [9.17, 15) is 9.59 Å². The highest BCUT2D eigenvalue weighted by atomic mass is 32.2. The standard InChI is InChI=1S/C20H20N4O2S2/c1-14(25)21-17-11-9-16(10-12-17)18(26)22-19-23-24-20(28-19)27-13-5-8-15-6-3-2-4-7-15/h2-4,6-7,9-12H,5,8,13H2,1H3,(H,21,25)(H,22,23,26). The van der Waals surface area contributed by atoms with Crippen molar-refractivity contribution in [3.05, 3.63) is 65.7 Å². The quantitative estimate of drug-likeness (QED) is 0.324. The third-order valence-electron chi connectivity index (χ3n) is 3.77. The Hall–Kier alpha value is -2.71. The number of thioether (sulfide) groups is 1. The van der Waals surface area contributed by atoms with Gasteiger partial charge in [0.2, 0.25) is 11.0 Å². The first-order chi connectivity index (χ1) is 13.6. The Morgan fingerprint density at radius 1 is 1.00 bits per heavy atom. The van der Waals surface area contributed by atoms with Crippen LogP contribution in [0.2, 0.25) is 0 Å². The molecule has 2 N–H and O–H groups in total. The highest BCUT2D eigenvalue weighted by molar-refractivity contribution is 8.01. The van der Waals surface area contributed by atoms with Gasteiger partial charge in [0.15, 0.2) is 4.34 Å². The number of hydrogen-bond donors (Lipinski definition) is 2. The molecule has 1 heterocycles. The van der Waals surface area contributed by atoms with Crippen molar-refractivity contribution >= 4 is 45.7 Å². The zero-order valence-corrected chi connectivity index (χ0v) is 17.0. The van der Waals surface area contributed by atoms with Crippen molar-refractivity contribution in [1.82, 2.24) is 10.2 Å². The fraction of sp³-hybridized carbons (Fsp3) is 0.200. The van der Waals surface area contributed by atoms with Gasteiger partial charge in [-0.25, -0.2) is 0 Å². The van der Waals surface area contributed by atoms with Crippen LogP contribution in [0.15, 0.2) is 58.9 Å². The molecule has 0 aliphatic carbocycles. The molecule has 0 radical (unpaired) electrons. The summed E-state index contributed by atoms with van der Waals surface area (Å²) in [4.78, 5) is 23.3. The third kappa shape index (κ3) is 6.17. The van der Waals surface area contributed by atoms with E-state index in [-0.39, 0.29) is 11.8 Å². The highest BCUT2D eigenvalue weighted by Gasteiger charge is 2.11. The molecule has 0 saturated carbocycles. The molecule has 2 amide bonds. The van der Waals surface area contributed by atoms with E-state index in [1.807, 2.05) is 6.07 Å². The maximum absolute atomic E-state index is 12.3. The molecule has 1 aromatic heterocycles. The molecular weight excluding hydrogens is 392 g/mol. The average Bonchev–Trinajstić information content (AvgIpc) is 3.13. The lowest BCUT2D eigenvalue weighted by atomic mass is 10.1. The van der Waals surface area contributed by atoms with Gasteiger partial charge in [-0.3, -0.25) is 14.9 Å². The molecule has 0 fully saturated rings. The Morgan fingerprint density at radius 3 is 2.46 bits per heavy atom. The molecule has 28 heavy (non-hydrogen) atoms. The maximum Gasteiger partial charge on any atom is 0.257 e. The first-order valence-electron chi connectivity index (χ1n) is 8.79. The normalized spacial score (nSPS) is 10.5. The summed E-state index contributed by atoms with van der Waals surface area (Å²) in [5.74, 6) is 0.535. The Morgan fingerprint density at radius 2 is 1.75 bits per heavy atom. The molecule has 0 aliphatic rings. The number of aryl methyl sites for hydroxylation is 1. The number of nitrogens with zero attached hydrogens (tertiary/aromatic N) is 2. The summed E-state index contributed by atoms with van der Waals surface area (Å²) < 4.78 is 0.837. The lowest BCUT2D eigenvalue weighted by Crippen LogP contribution is -2.12. The van der Waals surface area contributed by atoms with Crippen molar-refractivity contribution in [3.8, 4) is 0 Å². The molecule has 144 valence electrons. The number of benzene rings is 2. The van der Waals surface area contributed by atoms with Gasteiger partial charge >= 0.3 is 0 Å². The predicted molar refractivity (Wildman–Crippen MR) is 114 cm³/mol. The molecule has 6 nitrogen and oxygen atoms in total. The van der Waals surface area contributed by atoms with Crippen LogP contribution in [0, 0.1) is 0 Å². The zero-order valence-electron chi connectivity index (χ0n) is 15.3. The Labute approximate surface area is 171 Å². The predicted octanol–water partition coefficient (Wildman–Crippen LogP) is 4.47. The van der Waals surface area contributed by atoms with Crippen molar-refractivity contribution in [2.75, 3.05) is 16.4 Å². The summed E-state index contributed by atoms with van der Waals surface area (Å²) in [7, 11) is 0. The van der Waals surface area contributed by atoms with Crippen molar-refractivity contribution in [3.63, 3.8) is 0 Å². The number of hydrogen-bond acceptors (Lipinski definition) is 6. The molecular formula is C20H20N4O2S2. The van der Waals surface area contributed by atoms with Crippen LogP contribution in [-0.2, 0) is 11.2 Å². The fourth-order valence-electron chi connectivity index (χ4n) is 2.48. The van der Waals surface area contributed by atoms with Gasteiger partial charge in [-0.15, -0.1) is 10.2 Å². The Kier molecular flexibility index (Phi) is 7.16. The van der Waals surface area contributed by atoms with Crippen LogP contribution in [0.4, 0.5) is 10.8 Å². The number of anilines is 2. The van der Waals surface area contributed by atoms with E-state index in [1.165, 1.54) is 23.8 Å². The largest absolute Gasteiger partial charge is 0.326 e. The van der Waals surface area contributed by atoms with Gasteiger partial charge in [0.25, 0.3) is 5.91 Å². The summed E-state index contributed by atoms with van der Waals surface area (Å²) in [5.41, 5.74) is 2.47. The summed E-state index contributed by atoms with van der Waals surface area (Å²) in [6.45, 7) is 1.44. The molecule has 0 spiro atoms. The van der Waals surface area contributed by atoms with Gasteiger partial charge in [-0.05, 0) is 42.7 Å². The lowest BCUT2D eigenvalue weighted by molar-refractivity contribution is -0.114. The lowest BCUT2D eigenvalue weighted by Gasteiger charge is -2.04. The molecule has 0 aliphatic heterocycles. The van der Waals surface area contributed by atoms with Crippen LogP contribution < -0.4 is 10.6 Å². The first kappa shape index (κ1) is 20.0.